The fourth-order valence-corrected chi connectivity index (χ4v) is 5.61. The number of aromatic nitrogens is 1. The van der Waals surface area contributed by atoms with Crippen molar-refractivity contribution in [3.8, 4) is 0 Å². The molecule has 7 heteroatoms. The maximum absolute atomic E-state index is 13.0. The molecule has 1 N–H and O–H groups in total. The summed E-state index contributed by atoms with van der Waals surface area (Å²) in [5, 5.41) is 17.4. The third kappa shape index (κ3) is 3.90. The van der Waals surface area contributed by atoms with Crippen molar-refractivity contribution in [2.75, 3.05) is 0 Å². The Hall–Kier alpha value is -3.45. The lowest BCUT2D eigenvalue weighted by atomic mass is 10.1. The molecule has 1 amide bonds. The molecule has 0 radical (unpaired) electrons. The Morgan fingerprint density at radius 1 is 1.09 bits per heavy atom. The van der Waals surface area contributed by atoms with Crippen LogP contribution in [0.15, 0.2) is 70.4 Å². The number of thioether (sulfide) groups is 1. The van der Waals surface area contributed by atoms with Crippen molar-refractivity contribution in [1.82, 2.24) is 9.58 Å². The molecule has 2 aromatic carbocycles. The van der Waals surface area contributed by atoms with Gasteiger partial charge in [0.05, 0.1) is 5.57 Å². The second-order valence-corrected chi connectivity index (χ2v) is 9.62. The summed E-state index contributed by atoms with van der Waals surface area (Å²) in [4.78, 5) is 17.2. The molecular formula is C27H27N5OS. The Bertz CT molecular complexity index is 1390. The Labute approximate surface area is 203 Å². The number of amidine groups is 2. The van der Waals surface area contributed by atoms with Gasteiger partial charge >= 0.3 is 0 Å². The number of aryl methyl sites for hydroxylation is 1. The Morgan fingerprint density at radius 3 is 2.59 bits per heavy atom. The number of aliphatic imine (C=N–C) groups is 1. The maximum atomic E-state index is 13.0. The number of rotatable bonds is 6. The molecule has 5 rings (SSSR count). The zero-order chi connectivity index (χ0) is 23.8. The van der Waals surface area contributed by atoms with Crippen molar-refractivity contribution in [2.45, 2.75) is 40.2 Å². The molecule has 0 aliphatic carbocycles. The maximum Gasteiger partial charge on any atom is 0.283 e. The molecule has 0 bridgehead atoms. The summed E-state index contributed by atoms with van der Waals surface area (Å²) in [5.41, 5.74) is 4.73. The Kier molecular flexibility index (Phi) is 5.96. The number of carbonyl (C=O) groups excluding carboxylic acids is 1. The van der Waals surface area contributed by atoms with E-state index in [9.17, 15) is 4.79 Å². The van der Waals surface area contributed by atoms with Gasteiger partial charge in [-0.2, -0.15) is 15.1 Å². The van der Waals surface area contributed by atoms with Crippen molar-refractivity contribution in [2.24, 2.45) is 16.0 Å². The lowest BCUT2D eigenvalue weighted by Gasteiger charge is -2.20. The lowest BCUT2D eigenvalue weighted by Crippen LogP contribution is -2.35. The highest BCUT2D eigenvalue weighted by Gasteiger charge is 2.37. The van der Waals surface area contributed by atoms with Gasteiger partial charge in [-0.3, -0.25) is 10.2 Å². The summed E-state index contributed by atoms with van der Waals surface area (Å²) in [7, 11) is 0. The molecule has 172 valence electrons. The number of carbonyl (C=O) groups is 1. The van der Waals surface area contributed by atoms with Crippen molar-refractivity contribution < 1.29 is 4.79 Å². The number of benzene rings is 2. The van der Waals surface area contributed by atoms with Crippen LogP contribution in [0.2, 0.25) is 0 Å². The van der Waals surface area contributed by atoms with E-state index in [-0.39, 0.29) is 17.3 Å². The second-order valence-electron chi connectivity index (χ2n) is 8.63. The van der Waals surface area contributed by atoms with Gasteiger partial charge in [-0.15, -0.1) is 0 Å². The largest absolute Gasteiger partial charge is 0.342 e. The van der Waals surface area contributed by atoms with E-state index < -0.39 is 0 Å². The van der Waals surface area contributed by atoms with Gasteiger partial charge in [-0.1, -0.05) is 56.3 Å². The third-order valence-electron chi connectivity index (χ3n) is 6.53. The lowest BCUT2D eigenvalue weighted by molar-refractivity contribution is -0.114. The van der Waals surface area contributed by atoms with E-state index in [4.69, 9.17) is 5.41 Å². The summed E-state index contributed by atoms with van der Waals surface area (Å²) in [6.45, 7) is 7.11. The first-order valence-corrected chi connectivity index (χ1v) is 12.4. The van der Waals surface area contributed by atoms with E-state index in [0.717, 1.165) is 40.9 Å². The first kappa shape index (κ1) is 22.3. The van der Waals surface area contributed by atoms with Crippen molar-refractivity contribution in [3.63, 3.8) is 0 Å². The summed E-state index contributed by atoms with van der Waals surface area (Å²) in [6.07, 6.45) is 5.78. The minimum Gasteiger partial charge on any atom is -0.342 e. The third-order valence-corrected chi connectivity index (χ3v) is 7.60. The molecule has 3 heterocycles. The van der Waals surface area contributed by atoms with Crippen LogP contribution in [0.5, 0.6) is 0 Å². The quantitative estimate of drug-likeness (QED) is 0.446. The molecule has 0 unspecified atom stereocenters. The van der Waals surface area contributed by atoms with Crippen LogP contribution in [0, 0.1) is 18.3 Å². The van der Waals surface area contributed by atoms with Crippen LogP contribution in [0.25, 0.3) is 17.0 Å². The molecule has 0 saturated heterocycles. The van der Waals surface area contributed by atoms with Crippen LogP contribution < -0.4 is 0 Å². The fourth-order valence-electron chi connectivity index (χ4n) is 4.46. The molecule has 0 atom stereocenters. The number of hydrogen-bond donors (Lipinski definition) is 1. The van der Waals surface area contributed by atoms with Gasteiger partial charge in [0.25, 0.3) is 5.91 Å². The second kappa shape index (κ2) is 9.06. The van der Waals surface area contributed by atoms with E-state index in [1.165, 1.54) is 27.9 Å². The zero-order valence-electron chi connectivity index (χ0n) is 19.6. The van der Waals surface area contributed by atoms with Crippen molar-refractivity contribution in [3.05, 3.63) is 77.0 Å². The topological polar surface area (TPSA) is 73.8 Å². The van der Waals surface area contributed by atoms with Crippen LogP contribution in [0.1, 0.15) is 43.4 Å². The highest BCUT2D eigenvalue weighted by molar-refractivity contribution is 8.27. The van der Waals surface area contributed by atoms with Crippen LogP contribution in [0.3, 0.4) is 0 Å². The molecule has 2 aliphatic heterocycles. The summed E-state index contributed by atoms with van der Waals surface area (Å²) in [5.74, 6) is 0.00715. The van der Waals surface area contributed by atoms with Gasteiger partial charge in [0.15, 0.2) is 5.84 Å². The predicted octanol–water partition coefficient (Wildman–Crippen LogP) is 6.05. The van der Waals surface area contributed by atoms with Gasteiger partial charge in [0.1, 0.15) is 5.04 Å². The van der Waals surface area contributed by atoms with Gasteiger partial charge in [0, 0.05) is 35.1 Å². The fraction of sp³-hybridized carbons (Fsp3) is 0.259. The number of fused-ring (bicyclic) bond motifs is 2. The SMILES string of the molecule is CCC(CC)C1=NN2C(=N)C(=Cc3cn(Cc4ccccc4C)c4ccccc34)C(=O)N=C2S1. The minimum atomic E-state index is -0.388. The molecule has 3 aromatic rings. The molecule has 0 saturated carbocycles. The average Bonchev–Trinajstić information content (AvgIpc) is 3.41. The smallest absolute Gasteiger partial charge is 0.283 e. The average molecular weight is 470 g/mol. The summed E-state index contributed by atoms with van der Waals surface area (Å²) in [6, 6.07) is 16.5. The van der Waals surface area contributed by atoms with E-state index in [0.29, 0.717) is 11.1 Å². The normalized spacial score (nSPS) is 17.1. The predicted molar refractivity (Wildman–Crippen MR) is 141 cm³/mol. The molecule has 0 spiro atoms. The molecule has 1 aromatic heterocycles. The van der Waals surface area contributed by atoms with Crippen LogP contribution >= 0.6 is 11.8 Å². The number of nitrogens with one attached hydrogen (secondary N) is 1. The Morgan fingerprint density at radius 2 is 1.82 bits per heavy atom. The molecule has 0 fully saturated rings. The zero-order valence-corrected chi connectivity index (χ0v) is 20.4. The van der Waals surface area contributed by atoms with Gasteiger partial charge in [-0.05, 0) is 54.8 Å². The number of nitrogens with zero attached hydrogens (tertiary/aromatic N) is 4. The van der Waals surface area contributed by atoms with E-state index in [1.807, 2.05) is 18.2 Å². The van der Waals surface area contributed by atoms with Crippen LogP contribution in [0.4, 0.5) is 0 Å². The highest BCUT2D eigenvalue weighted by atomic mass is 32.2. The Balaban J connectivity index is 1.53. The highest BCUT2D eigenvalue weighted by Crippen LogP contribution is 2.33. The molecule has 6 nitrogen and oxygen atoms in total. The molecular weight excluding hydrogens is 442 g/mol. The number of para-hydroxylation sites is 1. The van der Waals surface area contributed by atoms with E-state index >= 15 is 0 Å². The number of hydrogen-bond acceptors (Lipinski definition) is 4. The van der Waals surface area contributed by atoms with Crippen molar-refractivity contribution >= 4 is 50.7 Å². The van der Waals surface area contributed by atoms with Gasteiger partial charge in [0.2, 0.25) is 5.17 Å². The first-order chi connectivity index (χ1) is 16.5. The van der Waals surface area contributed by atoms with Gasteiger partial charge < -0.3 is 4.57 Å². The van der Waals surface area contributed by atoms with Crippen molar-refractivity contribution in [1.29, 1.82) is 5.41 Å². The molecule has 2 aliphatic rings. The van der Waals surface area contributed by atoms with Crippen LogP contribution in [-0.2, 0) is 11.3 Å². The number of amides is 1. The van der Waals surface area contributed by atoms with Gasteiger partial charge in [-0.25, -0.2) is 0 Å². The molecule has 34 heavy (non-hydrogen) atoms. The van der Waals surface area contributed by atoms with E-state index in [2.05, 4.69) is 72.0 Å². The first-order valence-electron chi connectivity index (χ1n) is 11.6. The monoisotopic (exact) mass is 469 g/mol. The standard InChI is InChI=1S/C27H27N5OS/c1-4-18(5-2)26-30-32-24(28)22(25(33)29-27(32)34-26)14-20-16-31(23-13-9-8-12-21(20)23)15-19-11-7-6-10-17(19)3/h6-14,16,18,28H,4-5,15H2,1-3H3. The summed E-state index contributed by atoms with van der Waals surface area (Å²) >= 11 is 1.41. The summed E-state index contributed by atoms with van der Waals surface area (Å²) < 4.78 is 2.20. The minimum absolute atomic E-state index is 0.0826. The number of hydrazone groups is 1. The van der Waals surface area contributed by atoms with E-state index in [1.54, 1.807) is 6.08 Å². The van der Waals surface area contributed by atoms with Crippen LogP contribution in [-0.4, -0.2) is 31.5 Å².